The lowest BCUT2D eigenvalue weighted by Gasteiger charge is -2.08. The topological polar surface area (TPSA) is 55.4 Å². The van der Waals surface area contributed by atoms with Crippen LogP contribution >= 0.6 is 11.6 Å². The molecule has 0 saturated heterocycles. The Hall–Kier alpha value is -2.33. The standard InChI is InChI=1S/C16H14ClNO3/c1-11(19)12-6-8-13(9-7-12)21-10-16(20)18-15-5-3-2-4-14(15)17/h2-9H,10H2,1H3,(H,18,20). The van der Waals surface area contributed by atoms with E-state index in [1.165, 1.54) is 6.92 Å². The number of hydrogen-bond donors (Lipinski definition) is 1. The third-order valence-electron chi connectivity index (χ3n) is 2.78. The zero-order chi connectivity index (χ0) is 15.2. The molecule has 0 fully saturated rings. The highest BCUT2D eigenvalue weighted by atomic mass is 35.5. The summed E-state index contributed by atoms with van der Waals surface area (Å²) in [6.07, 6.45) is 0. The quantitative estimate of drug-likeness (QED) is 0.859. The maximum absolute atomic E-state index is 11.8. The van der Waals surface area contributed by atoms with Crippen molar-refractivity contribution in [2.75, 3.05) is 11.9 Å². The molecule has 0 saturated carbocycles. The van der Waals surface area contributed by atoms with Gasteiger partial charge in [-0.15, -0.1) is 0 Å². The first-order chi connectivity index (χ1) is 10.1. The summed E-state index contributed by atoms with van der Waals surface area (Å²) in [5.74, 6) is 0.200. The molecule has 0 aliphatic heterocycles. The molecule has 0 aromatic heterocycles. The van der Waals surface area contributed by atoms with Crippen LogP contribution in [0.25, 0.3) is 0 Å². The number of hydrogen-bond acceptors (Lipinski definition) is 3. The molecule has 21 heavy (non-hydrogen) atoms. The molecule has 0 aliphatic carbocycles. The number of halogens is 1. The summed E-state index contributed by atoms with van der Waals surface area (Å²) in [4.78, 5) is 22.9. The van der Waals surface area contributed by atoms with E-state index in [1.54, 1.807) is 48.5 Å². The van der Waals surface area contributed by atoms with Gasteiger partial charge in [0.2, 0.25) is 0 Å². The number of carbonyl (C=O) groups excluding carboxylic acids is 2. The Balaban J connectivity index is 1.89. The number of anilines is 1. The van der Waals surface area contributed by atoms with Crippen molar-refractivity contribution in [2.45, 2.75) is 6.92 Å². The van der Waals surface area contributed by atoms with Crippen molar-refractivity contribution in [1.82, 2.24) is 0 Å². The molecule has 0 spiro atoms. The minimum absolute atomic E-state index is 0.0157. The van der Waals surface area contributed by atoms with Crippen molar-refractivity contribution in [2.24, 2.45) is 0 Å². The Bertz CT molecular complexity index is 653. The van der Waals surface area contributed by atoms with Crippen molar-refractivity contribution in [1.29, 1.82) is 0 Å². The second-order valence-corrected chi connectivity index (χ2v) is 4.80. The van der Waals surface area contributed by atoms with Gasteiger partial charge >= 0.3 is 0 Å². The van der Waals surface area contributed by atoms with E-state index in [0.717, 1.165) is 0 Å². The molecular weight excluding hydrogens is 290 g/mol. The van der Waals surface area contributed by atoms with Crippen LogP contribution in [0.1, 0.15) is 17.3 Å². The van der Waals surface area contributed by atoms with E-state index >= 15 is 0 Å². The molecule has 0 atom stereocenters. The van der Waals surface area contributed by atoms with Gasteiger partial charge in [-0.2, -0.15) is 0 Å². The van der Waals surface area contributed by atoms with Crippen molar-refractivity contribution in [3.63, 3.8) is 0 Å². The summed E-state index contributed by atoms with van der Waals surface area (Å²) >= 11 is 5.95. The Morgan fingerprint density at radius 2 is 1.76 bits per heavy atom. The summed E-state index contributed by atoms with van der Waals surface area (Å²) in [5, 5.41) is 3.13. The zero-order valence-corrected chi connectivity index (χ0v) is 12.2. The van der Waals surface area contributed by atoms with Crippen LogP contribution in [0.15, 0.2) is 48.5 Å². The summed E-state index contributed by atoms with van der Waals surface area (Å²) in [6, 6.07) is 13.6. The predicted molar refractivity (Wildman–Crippen MR) is 82.0 cm³/mol. The molecular formula is C16H14ClNO3. The van der Waals surface area contributed by atoms with Crippen molar-refractivity contribution < 1.29 is 14.3 Å². The van der Waals surface area contributed by atoms with Crippen molar-refractivity contribution in [3.05, 3.63) is 59.1 Å². The van der Waals surface area contributed by atoms with Gasteiger partial charge in [-0.1, -0.05) is 23.7 Å². The third-order valence-corrected chi connectivity index (χ3v) is 3.11. The van der Waals surface area contributed by atoms with Crippen molar-refractivity contribution >= 4 is 29.0 Å². The van der Waals surface area contributed by atoms with Gasteiger partial charge in [-0.3, -0.25) is 9.59 Å². The van der Waals surface area contributed by atoms with Crippen LogP contribution in [0.4, 0.5) is 5.69 Å². The number of amides is 1. The molecule has 108 valence electrons. The van der Waals surface area contributed by atoms with E-state index in [-0.39, 0.29) is 18.3 Å². The molecule has 1 N–H and O–H groups in total. The number of nitrogens with one attached hydrogen (secondary N) is 1. The van der Waals surface area contributed by atoms with E-state index in [0.29, 0.717) is 22.0 Å². The predicted octanol–water partition coefficient (Wildman–Crippen LogP) is 3.56. The van der Waals surface area contributed by atoms with Gasteiger partial charge in [-0.05, 0) is 43.3 Å². The molecule has 2 aromatic rings. The monoisotopic (exact) mass is 303 g/mol. The number of rotatable bonds is 5. The smallest absolute Gasteiger partial charge is 0.262 e. The lowest BCUT2D eigenvalue weighted by Crippen LogP contribution is -2.20. The molecule has 0 aliphatic rings. The van der Waals surface area contributed by atoms with Crippen LogP contribution in [0.3, 0.4) is 0 Å². The van der Waals surface area contributed by atoms with Crippen LogP contribution in [-0.2, 0) is 4.79 Å². The Morgan fingerprint density at radius 3 is 2.38 bits per heavy atom. The van der Waals surface area contributed by atoms with Gasteiger partial charge in [-0.25, -0.2) is 0 Å². The summed E-state index contributed by atoms with van der Waals surface area (Å²) < 4.78 is 5.35. The number of benzene rings is 2. The Morgan fingerprint density at radius 1 is 1.10 bits per heavy atom. The minimum atomic E-state index is -0.307. The van der Waals surface area contributed by atoms with E-state index < -0.39 is 0 Å². The highest BCUT2D eigenvalue weighted by Gasteiger charge is 2.06. The second kappa shape index (κ2) is 6.90. The highest BCUT2D eigenvalue weighted by Crippen LogP contribution is 2.20. The Kier molecular flexibility index (Phi) is 4.95. The van der Waals surface area contributed by atoms with E-state index in [4.69, 9.17) is 16.3 Å². The van der Waals surface area contributed by atoms with Gasteiger partial charge < -0.3 is 10.1 Å². The van der Waals surface area contributed by atoms with Crippen LogP contribution in [0.2, 0.25) is 5.02 Å². The van der Waals surface area contributed by atoms with Gasteiger partial charge in [0.1, 0.15) is 5.75 Å². The first-order valence-electron chi connectivity index (χ1n) is 6.34. The number of Topliss-reactive ketones (excluding diaryl/α,β-unsaturated/α-hetero) is 1. The molecule has 1 amide bonds. The van der Waals surface area contributed by atoms with Crippen LogP contribution in [0.5, 0.6) is 5.75 Å². The summed E-state index contributed by atoms with van der Waals surface area (Å²) in [7, 11) is 0. The molecule has 2 aromatic carbocycles. The average Bonchev–Trinajstić information content (AvgIpc) is 2.48. The number of para-hydroxylation sites is 1. The normalized spacial score (nSPS) is 10.0. The molecule has 0 heterocycles. The van der Waals surface area contributed by atoms with E-state index in [1.807, 2.05) is 0 Å². The fraction of sp³-hybridized carbons (Fsp3) is 0.125. The second-order valence-electron chi connectivity index (χ2n) is 4.40. The van der Waals surface area contributed by atoms with Gasteiger partial charge in [0.05, 0.1) is 10.7 Å². The lowest BCUT2D eigenvalue weighted by molar-refractivity contribution is -0.118. The molecule has 0 bridgehead atoms. The van der Waals surface area contributed by atoms with E-state index in [9.17, 15) is 9.59 Å². The van der Waals surface area contributed by atoms with Gasteiger partial charge in [0, 0.05) is 5.56 Å². The number of ketones is 1. The average molecular weight is 304 g/mol. The largest absolute Gasteiger partial charge is 0.484 e. The highest BCUT2D eigenvalue weighted by molar-refractivity contribution is 6.33. The molecule has 2 rings (SSSR count). The zero-order valence-electron chi connectivity index (χ0n) is 11.4. The first-order valence-corrected chi connectivity index (χ1v) is 6.72. The first kappa shape index (κ1) is 15.1. The van der Waals surface area contributed by atoms with Gasteiger partial charge in [0.25, 0.3) is 5.91 Å². The summed E-state index contributed by atoms with van der Waals surface area (Å²) in [5.41, 5.74) is 1.14. The molecule has 5 heteroatoms. The maximum Gasteiger partial charge on any atom is 0.262 e. The molecule has 4 nitrogen and oxygen atoms in total. The van der Waals surface area contributed by atoms with E-state index in [2.05, 4.69) is 5.32 Å². The lowest BCUT2D eigenvalue weighted by atomic mass is 10.1. The fourth-order valence-corrected chi connectivity index (χ4v) is 1.87. The minimum Gasteiger partial charge on any atom is -0.484 e. The number of ether oxygens (including phenoxy) is 1. The SMILES string of the molecule is CC(=O)c1ccc(OCC(=O)Nc2ccccc2Cl)cc1. The van der Waals surface area contributed by atoms with Crippen LogP contribution in [0, 0.1) is 0 Å². The Labute approximate surface area is 127 Å². The van der Waals surface area contributed by atoms with Crippen LogP contribution < -0.4 is 10.1 Å². The van der Waals surface area contributed by atoms with Crippen molar-refractivity contribution in [3.8, 4) is 5.75 Å². The van der Waals surface area contributed by atoms with Gasteiger partial charge in [0.15, 0.2) is 12.4 Å². The molecule has 0 unspecified atom stereocenters. The molecule has 0 radical (unpaired) electrons. The third kappa shape index (κ3) is 4.33. The maximum atomic E-state index is 11.8. The number of carbonyl (C=O) groups is 2. The summed E-state index contributed by atoms with van der Waals surface area (Å²) in [6.45, 7) is 1.36. The van der Waals surface area contributed by atoms with Crippen LogP contribution in [-0.4, -0.2) is 18.3 Å². The fourth-order valence-electron chi connectivity index (χ4n) is 1.68.